The number of hydrogen-bond donors (Lipinski definition) is 1. The van der Waals surface area contributed by atoms with E-state index in [4.69, 9.17) is 13.9 Å². The number of rotatable bonds is 6. The van der Waals surface area contributed by atoms with Crippen LogP contribution in [0.5, 0.6) is 0 Å². The summed E-state index contributed by atoms with van der Waals surface area (Å²) in [5.74, 6) is 0.576. The normalized spacial score (nSPS) is 20.4. The molecule has 7 heteroatoms. The van der Waals surface area contributed by atoms with Crippen LogP contribution in [0.2, 0.25) is 0 Å². The first-order valence-corrected chi connectivity index (χ1v) is 8.53. The van der Waals surface area contributed by atoms with E-state index in [1.54, 1.807) is 13.1 Å². The minimum atomic E-state index is -0.261. The van der Waals surface area contributed by atoms with E-state index < -0.39 is 0 Å². The monoisotopic (exact) mass is 345 g/mol. The highest BCUT2D eigenvalue weighted by Gasteiger charge is 2.30. The van der Waals surface area contributed by atoms with Gasteiger partial charge in [0.05, 0.1) is 30.6 Å². The third-order valence-electron chi connectivity index (χ3n) is 4.14. The van der Waals surface area contributed by atoms with Crippen LogP contribution < -0.4 is 5.32 Å². The van der Waals surface area contributed by atoms with Crippen molar-refractivity contribution in [2.75, 3.05) is 13.2 Å². The fourth-order valence-electron chi connectivity index (χ4n) is 2.77. The quantitative estimate of drug-likeness (QED) is 0.862. The molecule has 1 amide bonds. The number of oxazole rings is 1. The molecule has 1 aliphatic rings. The number of aromatic nitrogens is 2. The van der Waals surface area contributed by atoms with Crippen LogP contribution >= 0.6 is 0 Å². The Labute approximate surface area is 146 Å². The number of pyridine rings is 1. The minimum Gasteiger partial charge on any atom is -0.435 e. The van der Waals surface area contributed by atoms with Crippen molar-refractivity contribution in [1.82, 2.24) is 15.3 Å². The third-order valence-corrected chi connectivity index (χ3v) is 4.14. The summed E-state index contributed by atoms with van der Waals surface area (Å²) < 4.78 is 17.0. The first-order valence-electron chi connectivity index (χ1n) is 8.53. The predicted molar refractivity (Wildman–Crippen MR) is 90.1 cm³/mol. The van der Waals surface area contributed by atoms with Gasteiger partial charge >= 0.3 is 0 Å². The van der Waals surface area contributed by atoms with Crippen LogP contribution in [0.1, 0.15) is 41.2 Å². The zero-order valence-corrected chi connectivity index (χ0v) is 14.5. The number of amides is 1. The molecule has 7 nitrogen and oxygen atoms in total. The Kier molecular flexibility index (Phi) is 5.78. The van der Waals surface area contributed by atoms with Gasteiger partial charge in [-0.15, -0.1) is 0 Å². The van der Waals surface area contributed by atoms with Gasteiger partial charge in [-0.2, -0.15) is 0 Å². The Morgan fingerprint density at radius 2 is 2.32 bits per heavy atom. The molecule has 3 heterocycles. The summed E-state index contributed by atoms with van der Waals surface area (Å²) in [6, 6.07) is 5.54. The van der Waals surface area contributed by atoms with Gasteiger partial charge < -0.3 is 19.2 Å². The topological polar surface area (TPSA) is 86.5 Å². The maximum atomic E-state index is 12.5. The summed E-state index contributed by atoms with van der Waals surface area (Å²) in [5, 5.41) is 3.00. The molecule has 2 aromatic rings. The fourth-order valence-corrected chi connectivity index (χ4v) is 2.77. The molecule has 1 aliphatic heterocycles. The van der Waals surface area contributed by atoms with Gasteiger partial charge in [0.25, 0.3) is 5.91 Å². The molecule has 0 spiro atoms. The number of hydrogen-bond acceptors (Lipinski definition) is 6. The predicted octanol–water partition coefficient (Wildman–Crippen LogP) is 2.04. The highest BCUT2D eigenvalue weighted by molar-refractivity contribution is 5.92. The maximum Gasteiger partial charge on any atom is 0.289 e. The van der Waals surface area contributed by atoms with Gasteiger partial charge in [0.2, 0.25) is 5.76 Å². The molecule has 1 N–H and O–H groups in total. The molecule has 1 saturated heterocycles. The maximum absolute atomic E-state index is 12.5. The van der Waals surface area contributed by atoms with Crippen LogP contribution in [-0.2, 0) is 22.5 Å². The molecule has 134 valence electrons. The van der Waals surface area contributed by atoms with Crippen molar-refractivity contribution >= 4 is 5.91 Å². The SMILES string of the molecule is CCc1nc(C)c(C(=O)N[C@@H]2CCOC[C@H]2OCc2ccccn2)o1. The summed E-state index contributed by atoms with van der Waals surface area (Å²) in [4.78, 5) is 21.0. The Morgan fingerprint density at radius 1 is 1.44 bits per heavy atom. The van der Waals surface area contributed by atoms with Gasteiger partial charge in [0, 0.05) is 19.2 Å². The lowest BCUT2D eigenvalue weighted by atomic mass is 10.1. The summed E-state index contributed by atoms with van der Waals surface area (Å²) >= 11 is 0. The number of carbonyl (C=O) groups is 1. The number of aryl methyl sites for hydroxylation is 2. The molecule has 2 aromatic heterocycles. The van der Waals surface area contributed by atoms with Crippen LogP contribution in [0, 0.1) is 6.92 Å². The first kappa shape index (κ1) is 17.6. The molecule has 0 unspecified atom stereocenters. The van der Waals surface area contributed by atoms with E-state index in [1.807, 2.05) is 25.1 Å². The van der Waals surface area contributed by atoms with Crippen LogP contribution in [-0.4, -0.2) is 41.2 Å². The minimum absolute atomic E-state index is 0.139. The molecule has 0 bridgehead atoms. The Balaban J connectivity index is 1.62. The summed E-state index contributed by atoms with van der Waals surface area (Å²) in [7, 11) is 0. The average Bonchev–Trinajstić information content (AvgIpc) is 3.03. The largest absolute Gasteiger partial charge is 0.435 e. The molecule has 0 aliphatic carbocycles. The van der Waals surface area contributed by atoms with Crippen LogP contribution in [0.25, 0.3) is 0 Å². The van der Waals surface area contributed by atoms with E-state index in [0.29, 0.717) is 44.2 Å². The Hall–Kier alpha value is -2.25. The molecular formula is C18H23N3O4. The average molecular weight is 345 g/mol. The second-order valence-electron chi connectivity index (χ2n) is 5.99. The number of nitrogens with one attached hydrogen (secondary N) is 1. The van der Waals surface area contributed by atoms with Gasteiger partial charge in [0.15, 0.2) is 5.89 Å². The zero-order valence-electron chi connectivity index (χ0n) is 14.5. The summed E-state index contributed by atoms with van der Waals surface area (Å²) in [5.41, 5.74) is 1.45. The number of ether oxygens (including phenoxy) is 2. The van der Waals surface area contributed by atoms with Gasteiger partial charge in [0.1, 0.15) is 6.10 Å². The highest BCUT2D eigenvalue weighted by Crippen LogP contribution is 2.16. The summed E-state index contributed by atoms with van der Waals surface area (Å²) in [6.45, 7) is 5.11. The van der Waals surface area contributed by atoms with Gasteiger partial charge in [-0.25, -0.2) is 4.98 Å². The van der Waals surface area contributed by atoms with E-state index in [-0.39, 0.29) is 23.8 Å². The van der Waals surface area contributed by atoms with Crippen molar-refractivity contribution in [1.29, 1.82) is 0 Å². The van der Waals surface area contributed by atoms with Gasteiger partial charge in [-0.1, -0.05) is 13.0 Å². The molecule has 0 radical (unpaired) electrons. The van der Waals surface area contributed by atoms with Crippen molar-refractivity contribution in [3.8, 4) is 0 Å². The van der Waals surface area contributed by atoms with E-state index in [0.717, 1.165) is 5.69 Å². The Morgan fingerprint density at radius 3 is 3.04 bits per heavy atom. The van der Waals surface area contributed by atoms with Crippen molar-refractivity contribution in [2.24, 2.45) is 0 Å². The molecule has 25 heavy (non-hydrogen) atoms. The van der Waals surface area contributed by atoms with Crippen LogP contribution in [0.3, 0.4) is 0 Å². The molecular weight excluding hydrogens is 322 g/mol. The fraction of sp³-hybridized carbons (Fsp3) is 0.500. The third kappa shape index (κ3) is 4.43. The number of carbonyl (C=O) groups excluding carboxylic acids is 1. The van der Waals surface area contributed by atoms with E-state index in [9.17, 15) is 4.79 Å². The lowest BCUT2D eigenvalue weighted by Crippen LogP contribution is -2.50. The molecule has 3 rings (SSSR count). The smallest absolute Gasteiger partial charge is 0.289 e. The number of nitrogens with zero attached hydrogens (tertiary/aromatic N) is 2. The van der Waals surface area contributed by atoms with Crippen LogP contribution in [0.4, 0.5) is 0 Å². The van der Waals surface area contributed by atoms with E-state index in [2.05, 4.69) is 15.3 Å². The lowest BCUT2D eigenvalue weighted by Gasteiger charge is -2.31. The van der Waals surface area contributed by atoms with Gasteiger partial charge in [-0.3, -0.25) is 9.78 Å². The van der Waals surface area contributed by atoms with E-state index in [1.165, 1.54) is 0 Å². The van der Waals surface area contributed by atoms with Crippen LogP contribution in [0.15, 0.2) is 28.8 Å². The van der Waals surface area contributed by atoms with Crippen molar-refractivity contribution in [3.63, 3.8) is 0 Å². The summed E-state index contributed by atoms with van der Waals surface area (Å²) in [6.07, 6.45) is 2.84. The lowest BCUT2D eigenvalue weighted by molar-refractivity contribution is -0.0744. The highest BCUT2D eigenvalue weighted by atomic mass is 16.5. The second kappa shape index (κ2) is 8.22. The molecule has 1 fully saturated rings. The van der Waals surface area contributed by atoms with Crippen molar-refractivity contribution in [2.45, 2.75) is 45.4 Å². The molecule has 0 aromatic carbocycles. The molecule has 2 atom stereocenters. The standard InChI is InChI=1S/C18H23N3O4/c1-3-16-20-12(2)17(25-16)18(22)21-14-7-9-23-11-15(14)24-10-13-6-4-5-8-19-13/h4-6,8,14-15H,3,7,9-11H2,1-2H3,(H,21,22)/t14-,15-/m1/s1. The van der Waals surface area contributed by atoms with Crippen molar-refractivity contribution in [3.05, 3.63) is 47.4 Å². The van der Waals surface area contributed by atoms with Crippen molar-refractivity contribution < 1.29 is 18.7 Å². The van der Waals surface area contributed by atoms with E-state index >= 15 is 0 Å². The molecule has 0 saturated carbocycles. The zero-order chi connectivity index (χ0) is 17.6. The van der Waals surface area contributed by atoms with Gasteiger partial charge in [-0.05, 0) is 25.5 Å². The second-order valence-corrected chi connectivity index (χ2v) is 5.99. The Bertz CT molecular complexity index is 702. The first-order chi connectivity index (χ1) is 12.2.